The molecule has 0 atom stereocenters. The van der Waals surface area contributed by atoms with E-state index in [1.165, 1.54) is 0 Å². The molecule has 1 aliphatic heterocycles. The fraction of sp³-hybridized carbons (Fsp3) is 0.500. The van der Waals surface area contributed by atoms with E-state index in [-0.39, 0.29) is 12.0 Å². The predicted molar refractivity (Wildman–Crippen MR) is 70.9 cm³/mol. The van der Waals surface area contributed by atoms with Crippen LogP contribution in [0.25, 0.3) is 0 Å². The fourth-order valence-corrected chi connectivity index (χ4v) is 2.17. The summed E-state index contributed by atoms with van der Waals surface area (Å²) >= 11 is 0. The van der Waals surface area contributed by atoms with Crippen LogP contribution in [0.1, 0.15) is 25.3 Å². The summed E-state index contributed by atoms with van der Waals surface area (Å²) in [6.07, 6.45) is 2.11. The molecule has 0 radical (unpaired) electrons. The van der Waals surface area contributed by atoms with Crippen LogP contribution >= 0.6 is 0 Å². The normalized spacial score (nSPS) is 16.8. The Bertz CT molecular complexity index is 395. The molecule has 4 heteroatoms. The zero-order chi connectivity index (χ0) is 13.0. The number of carbonyl (C=O) groups excluding carboxylic acids is 1. The van der Waals surface area contributed by atoms with E-state index in [0.29, 0.717) is 6.61 Å². The van der Waals surface area contributed by atoms with Crippen molar-refractivity contribution < 1.29 is 9.53 Å². The van der Waals surface area contributed by atoms with Crippen molar-refractivity contribution in [1.29, 1.82) is 0 Å². The van der Waals surface area contributed by atoms with Gasteiger partial charge in [0.25, 0.3) is 0 Å². The minimum Gasteiger partial charge on any atom is -0.399 e. The van der Waals surface area contributed by atoms with Gasteiger partial charge in [0.2, 0.25) is 5.91 Å². The van der Waals surface area contributed by atoms with E-state index >= 15 is 0 Å². The Labute approximate surface area is 108 Å². The third-order valence-corrected chi connectivity index (χ3v) is 3.35. The molecular weight excluding hydrogens is 228 g/mol. The third kappa shape index (κ3) is 3.47. The molecule has 2 rings (SSSR count). The van der Waals surface area contributed by atoms with Crippen molar-refractivity contribution in [2.75, 3.05) is 18.8 Å². The summed E-state index contributed by atoms with van der Waals surface area (Å²) in [5, 5.41) is 0. The number of hydrogen-bond donors (Lipinski definition) is 1. The lowest BCUT2D eigenvalue weighted by Gasteiger charge is -2.31. The second-order valence-electron chi connectivity index (χ2n) is 4.76. The molecule has 4 nitrogen and oxygen atoms in total. The molecule has 1 fully saturated rings. The molecule has 0 aromatic heterocycles. The van der Waals surface area contributed by atoms with Crippen molar-refractivity contribution in [2.24, 2.45) is 0 Å². The average molecular weight is 248 g/mol. The molecule has 1 heterocycles. The molecule has 2 N–H and O–H groups in total. The Morgan fingerprint density at radius 1 is 1.33 bits per heavy atom. The second-order valence-corrected chi connectivity index (χ2v) is 4.76. The fourth-order valence-electron chi connectivity index (χ4n) is 2.17. The first kappa shape index (κ1) is 12.9. The van der Waals surface area contributed by atoms with Gasteiger partial charge in [0.15, 0.2) is 0 Å². The van der Waals surface area contributed by atoms with Gasteiger partial charge in [0, 0.05) is 25.7 Å². The highest BCUT2D eigenvalue weighted by molar-refractivity contribution is 5.73. The number of nitrogens with two attached hydrogens (primary N) is 1. The average Bonchev–Trinajstić information content (AvgIpc) is 2.38. The van der Waals surface area contributed by atoms with Gasteiger partial charge in [-0.05, 0) is 30.5 Å². The van der Waals surface area contributed by atoms with E-state index in [1.807, 2.05) is 29.2 Å². The van der Waals surface area contributed by atoms with Crippen LogP contribution in [-0.4, -0.2) is 30.0 Å². The summed E-state index contributed by atoms with van der Waals surface area (Å²) in [5.74, 6) is 0.159. The minimum absolute atomic E-state index is 0.159. The SMILES string of the molecule is CC(=O)N1CCC(OCc2ccc(N)cc2)CC1. The first-order chi connectivity index (χ1) is 8.65. The molecule has 98 valence electrons. The van der Waals surface area contributed by atoms with Gasteiger partial charge >= 0.3 is 0 Å². The number of anilines is 1. The molecule has 0 bridgehead atoms. The van der Waals surface area contributed by atoms with Gasteiger partial charge in [-0.25, -0.2) is 0 Å². The van der Waals surface area contributed by atoms with Gasteiger partial charge in [-0.15, -0.1) is 0 Å². The number of amides is 1. The molecule has 1 saturated heterocycles. The Kier molecular flexibility index (Phi) is 4.20. The van der Waals surface area contributed by atoms with E-state index in [0.717, 1.165) is 37.2 Å². The summed E-state index contributed by atoms with van der Waals surface area (Å²) in [7, 11) is 0. The van der Waals surface area contributed by atoms with Crippen LogP contribution in [0.15, 0.2) is 24.3 Å². The zero-order valence-electron chi connectivity index (χ0n) is 10.8. The summed E-state index contributed by atoms with van der Waals surface area (Å²) < 4.78 is 5.86. The highest BCUT2D eigenvalue weighted by Gasteiger charge is 2.20. The number of benzene rings is 1. The molecule has 0 spiro atoms. The maximum absolute atomic E-state index is 11.2. The molecule has 0 unspecified atom stereocenters. The summed E-state index contributed by atoms with van der Waals surface area (Å²) in [4.78, 5) is 13.1. The first-order valence-corrected chi connectivity index (χ1v) is 6.36. The van der Waals surface area contributed by atoms with Crippen molar-refractivity contribution >= 4 is 11.6 Å². The highest BCUT2D eigenvalue weighted by atomic mass is 16.5. The number of hydrogen-bond acceptors (Lipinski definition) is 3. The minimum atomic E-state index is 0.159. The summed E-state index contributed by atoms with van der Waals surface area (Å²) in [5.41, 5.74) is 7.54. The number of nitrogens with zero attached hydrogens (tertiary/aromatic N) is 1. The van der Waals surface area contributed by atoms with Crippen LogP contribution in [0.3, 0.4) is 0 Å². The molecule has 1 aromatic rings. The Balaban J connectivity index is 1.75. The molecule has 0 saturated carbocycles. The second kappa shape index (κ2) is 5.87. The van der Waals surface area contributed by atoms with Crippen LogP contribution in [0.4, 0.5) is 5.69 Å². The maximum Gasteiger partial charge on any atom is 0.219 e. The quantitative estimate of drug-likeness (QED) is 0.830. The van der Waals surface area contributed by atoms with Crippen molar-refractivity contribution in [3.05, 3.63) is 29.8 Å². The Morgan fingerprint density at radius 2 is 1.94 bits per heavy atom. The van der Waals surface area contributed by atoms with E-state index in [1.54, 1.807) is 6.92 Å². The molecule has 0 aliphatic carbocycles. The van der Waals surface area contributed by atoms with Crippen LogP contribution in [-0.2, 0) is 16.1 Å². The number of rotatable bonds is 3. The van der Waals surface area contributed by atoms with E-state index in [2.05, 4.69) is 0 Å². The predicted octanol–water partition coefficient (Wildman–Crippen LogP) is 1.80. The smallest absolute Gasteiger partial charge is 0.219 e. The van der Waals surface area contributed by atoms with Crippen molar-refractivity contribution in [3.8, 4) is 0 Å². The Morgan fingerprint density at radius 3 is 2.50 bits per heavy atom. The van der Waals surface area contributed by atoms with E-state index in [4.69, 9.17) is 10.5 Å². The maximum atomic E-state index is 11.2. The third-order valence-electron chi connectivity index (χ3n) is 3.35. The van der Waals surface area contributed by atoms with Gasteiger partial charge in [-0.2, -0.15) is 0 Å². The Hall–Kier alpha value is -1.55. The highest BCUT2D eigenvalue weighted by Crippen LogP contribution is 2.16. The molecule has 1 amide bonds. The summed E-state index contributed by atoms with van der Waals surface area (Å²) in [6.45, 7) is 3.85. The van der Waals surface area contributed by atoms with Gasteiger partial charge in [-0.1, -0.05) is 12.1 Å². The topological polar surface area (TPSA) is 55.6 Å². The van der Waals surface area contributed by atoms with Gasteiger partial charge in [0.05, 0.1) is 12.7 Å². The van der Waals surface area contributed by atoms with Crippen LogP contribution in [0.2, 0.25) is 0 Å². The van der Waals surface area contributed by atoms with E-state index in [9.17, 15) is 4.79 Å². The monoisotopic (exact) mass is 248 g/mol. The first-order valence-electron chi connectivity index (χ1n) is 6.36. The summed E-state index contributed by atoms with van der Waals surface area (Å²) in [6, 6.07) is 7.74. The van der Waals surface area contributed by atoms with Crippen molar-refractivity contribution in [3.63, 3.8) is 0 Å². The van der Waals surface area contributed by atoms with E-state index < -0.39 is 0 Å². The largest absolute Gasteiger partial charge is 0.399 e. The van der Waals surface area contributed by atoms with Crippen LogP contribution in [0, 0.1) is 0 Å². The van der Waals surface area contributed by atoms with Gasteiger partial charge < -0.3 is 15.4 Å². The number of piperidine rings is 1. The van der Waals surface area contributed by atoms with Crippen molar-refractivity contribution in [1.82, 2.24) is 4.90 Å². The number of likely N-dealkylation sites (tertiary alicyclic amines) is 1. The van der Waals surface area contributed by atoms with Gasteiger partial charge in [-0.3, -0.25) is 4.79 Å². The number of carbonyl (C=O) groups is 1. The molecule has 18 heavy (non-hydrogen) atoms. The van der Waals surface area contributed by atoms with Crippen LogP contribution < -0.4 is 5.73 Å². The molecular formula is C14H20N2O2. The lowest BCUT2D eigenvalue weighted by molar-refractivity contribution is -0.131. The zero-order valence-corrected chi connectivity index (χ0v) is 10.8. The van der Waals surface area contributed by atoms with Crippen molar-refractivity contribution in [2.45, 2.75) is 32.5 Å². The lowest BCUT2D eigenvalue weighted by Crippen LogP contribution is -2.39. The molecule has 1 aliphatic rings. The lowest BCUT2D eigenvalue weighted by atomic mass is 10.1. The van der Waals surface area contributed by atoms with Gasteiger partial charge in [0.1, 0.15) is 0 Å². The number of nitrogen functional groups attached to an aromatic ring is 1. The number of ether oxygens (including phenoxy) is 1. The van der Waals surface area contributed by atoms with Crippen LogP contribution in [0.5, 0.6) is 0 Å². The standard InChI is InChI=1S/C14H20N2O2/c1-11(17)16-8-6-14(7-9-16)18-10-12-2-4-13(15)5-3-12/h2-5,14H,6-10,15H2,1H3. The molecule has 1 aromatic carbocycles.